The van der Waals surface area contributed by atoms with Crippen LogP contribution in [0.15, 0.2) is 24.3 Å². The van der Waals surface area contributed by atoms with Gasteiger partial charge in [0, 0.05) is 6.04 Å². The third-order valence-electron chi connectivity index (χ3n) is 6.58. The average Bonchev–Trinajstić information content (AvgIpc) is 2.82. The molecular formula is C28H42N4O4. The molecule has 2 rings (SSSR count). The van der Waals surface area contributed by atoms with Crippen LogP contribution in [0.4, 0.5) is 4.79 Å². The molecule has 1 aromatic rings. The number of hydrogen-bond acceptors (Lipinski definition) is 5. The Labute approximate surface area is 215 Å². The Hall–Kier alpha value is -3.08. The fourth-order valence-electron chi connectivity index (χ4n) is 4.42. The highest BCUT2D eigenvalue weighted by Crippen LogP contribution is 2.26. The van der Waals surface area contributed by atoms with Gasteiger partial charge in [0.25, 0.3) is 0 Å². The van der Waals surface area contributed by atoms with Gasteiger partial charge in [-0.25, -0.2) is 4.79 Å². The zero-order chi connectivity index (χ0) is 26.9. The van der Waals surface area contributed by atoms with Gasteiger partial charge >= 0.3 is 6.09 Å². The third-order valence-corrected chi connectivity index (χ3v) is 6.58. The van der Waals surface area contributed by atoms with Crippen LogP contribution in [0.3, 0.4) is 0 Å². The smallest absolute Gasteiger partial charge is 0.408 e. The van der Waals surface area contributed by atoms with E-state index >= 15 is 0 Å². The Morgan fingerprint density at radius 3 is 2.28 bits per heavy atom. The van der Waals surface area contributed by atoms with Gasteiger partial charge in [-0.15, -0.1) is 0 Å². The number of rotatable bonds is 9. The number of nitrogens with zero attached hydrogens (tertiary/aromatic N) is 2. The molecule has 198 valence electrons. The number of amides is 3. The van der Waals surface area contributed by atoms with Gasteiger partial charge in [-0.05, 0) is 52.0 Å². The van der Waals surface area contributed by atoms with Gasteiger partial charge in [0.05, 0.1) is 6.07 Å². The van der Waals surface area contributed by atoms with Crippen molar-refractivity contribution in [1.29, 1.82) is 5.26 Å². The van der Waals surface area contributed by atoms with E-state index in [-0.39, 0.29) is 24.4 Å². The van der Waals surface area contributed by atoms with Crippen molar-refractivity contribution in [2.24, 2.45) is 5.92 Å². The molecule has 0 aromatic heterocycles. The number of benzene rings is 1. The maximum absolute atomic E-state index is 13.9. The zero-order valence-electron chi connectivity index (χ0n) is 22.6. The first-order valence-electron chi connectivity index (χ1n) is 13.0. The summed E-state index contributed by atoms with van der Waals surface area (Å²) in [4.78, 5) is 41.5. The lowest BCUT2D eigenvalue weighted by Crippen LogP contribution is -2.55. The molecule has 1 aliphatic rings. The lowest BCUT2D eigenvalue weighted by atomic mass is 9.93. The number of nitriles is 1. The standard InChI is InChI=1S/C28H42N4O4/c1-7-20(3)23(31-27(35)36-28(4,5)6)26(34)32(18-17-29)24(21-15-13-19(2)14-16-21)25(33)30-22-11-9-8-10-12-22/h13-16,20,22-24H,7-12,18H2,1-6H3,(H,30,33)(H,31,35). The molecule has 36 heavy (non-hydrogen) atoms. The SMILES string of the molecule is CCC(C)C(NC(=O)OC(C)(C)C)C(=O)N(CC#N)C(C(=O)NC1CCCCC1)c1ccc(C)cc1. The van der Waals surface area contributed by atoms with Crippen molar-refractivity contribution in [3.63, 3.8) is 0 Å². The molecule has 1 fully saturated rings. The van der Waals surface area contributed by atoms with Crippen LogP contribution in [-0.4, -0.2) is 47.0 Å². The van der Waals surface area contributed by atoms with E-state index < -0.39 is 29.7 Å². The molecule has 0 aliphatic heterocycles. The van der Waals surface area contributed by atoms with Crippen LogP contribution in [0.1, 0.15) is 90.3 Å². The number of hydrogen-bond donors (Lipinski definition) is 2. The highest BCUT2D eigenvalue weighted by atomic mass is 16.6. The van der Waals surface area contributed by atoms with Crippen molar-refractivity contribution in [2.45, 2.75) is 104 Å². The summed E-state index contributed by atoms with van der Waals surface area (Å²) < 4.78 is 5.39. The Bertz CT molecular complexity index is 926. The average molecular weight is 499 g/mol. The van der Waals surface area contributed by atoms with Gasteiger partial charge in [0.2, 0.25) is 11.8 Å². The van der Waals surface area contributed by atoms with E-state index in [0.29, 0.717) is 12.0 Å². The van der Waals surface area contributed by atoms with Gasteiger partial charge in [-0.1, -0.05) is 69.4 Å². The van der Waals surface area contributed by atoms with Crippen LogP contribution in [0.5, 0.6) is 0 Å². The van der Waals surface area contributed by atoms with E-state index in [1.54, 1.807) is 20.8 Å². The molecular weight excluding hydrogens is 456 g/mol. The summed E-state index contributed by atoms with van der Waals surface area (Å²) >= 11 is 0. The molecule has 1 aromatic carbocycles. The molecule has 0 radical (unpaired) electrons. The fraction of sp³-hybridized carbons (Fsp3) is 0.643. The second-order valence-corrected chi connectivity index (χ2v) is 10.8. The molecule has 1 saturated carbocycles. The molecule has 2 N–H and O–H groups in total. The molecule has 8 heteroatoms. The first-order chi connectivity index (χ1) is 17.0. The third kappa shape index (κ3) is 8.54. The Morgan fingerprint density at radius 1 is 1.14 bits per heavy atom. The van der Waals surface area contributed by atoms with Crippen molar-refractivity contribution in [1.82, 2.24) is 15.5 Å². The van der Waals surface area contributed by atoms with Crippen molar-refractivity contribution in [3.8, 4) is 6.07 Å². The van der Waals surface area contributed by atoms with E-state index in [1.807, 2.05) is 45.0 Å². The van der Waals surface area contributed by atoms with Gasteiger partial charge in [0.15, 0.2) is 0 Å². The number of aryl methyl sites for hydroxylation is 1. The summed E-state index contributed by atoms with van der Waals surface area (Å²) in [6.45, 7) is 10.7. The summed E-state index contributed by atoms with van der Waals surface area (Å²) in [6, 6.07) is 7.56. The highest BCUT2D eigenvalue weighted by molar-refractivity contribution is 5.92. The van der Waals surface area contributed by atoms with Crippen LogP contribution in [0, 0.1) is 24.2 Å². The second kappa shape index (κ2) is 13.3. The maximum atomic E-state index is 13.9. The minimum absolute atomic E-state index is 0.0449. The molecule has 0 spiro atoms. The summed E-state index contributed by atoms with van der Waals surface area (Å²) in [5, 5.41) is 15.5. The van der Waals surface area contributed by atoms with Crippen LogP contribution in [-0.2, 0) is 14.3 Å². The number of ether oxygens (including phenoxy) is 1. The molecule has 8 nitrogen and oxygen atoms in total. The van der Waals surface area contributed by atoms with Crippen LogP contribution in [0.25, 0.3) is 0 Å². The predicted octanol–water partition coefficient (Wildman–Crippen LogP) is 4.78. The molecule has 0 saturated heterocycles. The number of carbonyl (C=O) groups excluding carboxylic acids is 3. The lowest BCUT2D eigenvalue weighted by molar-refractivity contribution is -0.143. The van der Waals surface area contributed by atoms with Crippen molar-refractivity contribution < 1.29 is 19.1 Å². The minimum atomic E-state index is -0.994. The first kappa shape index (κ1) is 29.2. The predicted molar refractivity (Wildman–Crippen MR) is 139 cm³/mol. The van der Waals surface area contributed by atoms with Crippen LogP contribution >= 0.6 is 0 Å². The van der Waals surface area contributed by atoms with Gasteiger partial charge in [-0.2, -0.15) is 5.26 Å². The Kier molecular flexibility index (Phi) is 10.8. The van der Waals surface area contributed by atoms with Crippen molar-refractivity contribution in [3.05, 3.63) is 35.4 Å². The van der Waals surface area contributed by atoms with E-state index in [4.69, 9.17) is 4.74 Å². The molecule has 3 amide bonds. The largest absolute Gasteiger partial charge is 0.444 e. The van der Waals surface area contributed by atoms with Crippen LogP contribution in [0.2, 0.25) is 0 Å². The maximum Gasteiger partial charge on any atom is 0.408 e. The number of nitrogens with one attached hydrogen (secondary N) is 2. The van der Waals surface area contributed by atoms with Gasteiger partial charge in [-0.3, -0.25) is 9.59 Å². The van der Waals surface area contributed by atoms with Gasteiger partial charge < -0.3 is 20.3 Å². The molecule has 3 atom stereocenters. The summed E-state index contributed by atoms with van der Waals surface area (Å²) in [7, 11) is 0. The van der Waals surface area contributed by atoms with Crippen molar-refractivity contribution >= 4 is 17.9 Å². The molecule has 1 aliphatic carbocycles. The van der Waals surface area contributed by atoms with Crippen molar-refractivity contribution in [2.75, 3.05) is 6.54 Å². The fourth-order valence-corrected chi connectivity index (χ4v) is 4.42. The summed E-state index contributed by atoms with van der Waals surface area (Å²) in [6.07, 6.45) is 4.95. The van der Waals surface area contributed by atoms with Crippen LogP contribution < -0.4 is 10.6 Å². The Balaban J connectivity index is 2.43. The molecule has 3 unspecified atom stereocenters. The van der Waals surface area contributed by atoms with Gasteiger partial charge in [0.1, 0.15) is 24.2 Å². The zero-order valence-corrected chi connectivity index (χ0v) is 22.6. The Morgan fingerprint density at radius 2 is 1.75 bits per heavy atom. The second-order valence-electron chi connectivity index (χ2n) is 10.8. The van der Waals surface area contributed by atoms with E-state index in [2.05, 4.69) is 16.7 Å². The normalized spacial score (nSPS) is 16.7. The topological polar surface area (TPSA) is 112 Å². The first-order valence-corrected chi connectivity index (χ1v) is 13.0. The monoisotopic (exact) mass is 498 g/mol. The highest BCUT2D eigenvalue weighted by Gasteiger charge is 2.38. The minimum Gasteiger partial charge on any atom is -0.444 e. The lowest BCUT2D eigenvalue weighted by Gasteiger charge is -2.35. The van der Waals surface area contributed by atoms with E-state index in [9.17, 15) is 19.6 Å². The summed E-state index contributed by atoms with van der Waals surface area (Å²) in [5.41, 5.74) is 0.911. The number of alkyl carbamates (subject to hydrolysis) is 1. The molecule has 0 bridgehead atoms. The number of carbonyl (C=O) groups is 3. The quantitative estimate of drug-likeness (QED) is 0.476. The molecule has 0 heterocycles. The summed E-state index contributed by atoms with van der Waals surface area (Å²) in [5.74, 6) is -1.04. The van der Waals surface area contributed by atoms with E-state index in [0.717, 1.165) is 37.7 Å². The van der Waals surface area contributed by atoms with E-state index in [1.165, 1.54) is 4.90 Å².